The summed E-state index contributed by atoms with van der Waals surface area (Å²) in [5.41, 5.74) is 1.17. The van der Waals surface area contributed by atoms with Crippen molar-refractivity contribution in [2.24, 2.45) is 0 Å². The Balaban J connectivity index is 1.99. The molecule has 1 atom stereocenters. The maximum absolute atomic E-state index is 13.1. The van der Waals surface area contributed by atoms with Crippen molar-refractivity contribution in [3.8, 4) is 11.5 Å². The number of ketones is 1. The standard InChI is InChI=1S/C23H20O5/c1-26-18-14-9-15-19(27-2)20(18)23(25)28-22(17-12-7-4-8-13-17)21(24)16-10-5-3-6-11-16/h3-15,22H,1-2H3/t22-/m1/s1. The molecule has 5 nitrogen and oxygen atoms in total. The van der Waals surface area contributed by atoms with Crippen molar-refractivity contribution < 1.29 is 23.8 Å². The number of carbonyl (C=O) groups is 2. The second-order valence-corrected chi connectivity index (χ2v) is 5.96. The summed E-state index contributed by atoms with van der Waals surface area (Å²) in [4.78, 5) is 26.1. The van der Waals surface area contributed by atoms with Gasteiger partial charge in [-0.25, -0.2) is 4.79 Å². The van der Waals surface area contributed by atoms with Crippen LogP contribution in [-0.2, 0) is 4.74 Å². The Morgan fingerprint density at radius 3 is 1.79 bits per heavy atom. The average Bonchev–Trinajstić information content (AvgIpc) is 2.77. The van der Waals surface area contributed by atoms with E-state index in [-0.39, 0.29) is 11.3 Å². The lowest BCUT2D eigenvalue weighted by atomic mass is 9.99. The van der Waals surface area contributed by atoms with Gasteiger partial charge in [-0.15, -0.1) is 0 Å². The summed E-state index contributed by atoms with van der Waals surface area (Å²) in [6, 6.07) is 22.6. The van der Waals surface area contributed by atoms with E-state index in [0.717, 1.165) is 0 Å². The maximum atomic E-state index is 13.1. The van der Waals surface area contributed by atoms with Crippen LogP contribution in [0, 0.1) is 0 Å². The van der Waals surface area contributed by atoms with Gasteiger partial charge in [0.25, 0.3) is 0 Å². The number of Topliss-reactive ketones (excluding diaryl/α,β-unsaturated/α-hetero) is 1. The number of ether oxygens (including phenoxy) is 3. The summed E-state index contributed by atoms with van der Waals surface area (Å²) in [5.74, 6) is -0.395. The highest BCUT2D eigenvalue weighted by Crippen LogP contribution is 2.32. The van der Waals surface area contributed by atoms with E-state index in [1.807, 2.05) is 12.1 Å². The van der Waals surface area contributed by atoms with E-state index < -0.39 is 12.1 Å². The van der Waals surface area contributed by atoms with Gasteiger partial charge in [0.2, 0.25) is 5.78 Å². The van der Waals surface area contributed by atoms with E-state index in [1.54, 1.807) is 66.7 Å². The molecule has 3 aromatic rings. The van der Waals surface area contributed by atoms with Crippen LogP contribution in [0.4, 0.5) is 0 Å². The van der Waals surface area contributed by atoms with Crippen molar-refractivity contribution in [2.45, 2.75) is 6.10 Å². The van der Waals surface area contributed by atoms with E-state index in [0.29, 0.717) is 22.6 Å². The Kier molecular flexibility index (Phi) is 6.07. The van der Waals surface area contributed by atoms with Gasteiger partial charge in [0.15, 0.2) is 6.10 Å². The van der Waals surface area contributed by atoms with Crippen molar-refractivity contribution in [3.63, 3.8) is 0 Å². The topological polar surface area (TPSA) is 61.8 Å². The molecule has 3 rings (SSSR count). The minimum Gasteiger partial charge on any atom is -0.496 e. The number of benzene rings is 3. The lowest BCUT2D eigenvalue weighted by molar-refractivity contribution is 0.0274. The zero-order chi connectivity index (χ0) is 19.9. The van der Waals surface area contributed by atoms with Gasteiger partial charge >= 0.3 is 5.97 Å². The van der Waals surface area contributed by atoms with Gasteiger partial charge in [-0.05, 0) is 12.1 Å². The minimum atomic E-state index is -1.09. The summed E-state index contributed by atoms with van der Waals surface area (Å²) in [7, 11) is 2.91. The number of methoxy groups -OCH3 is 2. The van der Waals surface area contributed by atoms with E-state index in [9.17, 15) is 9.59 Å². The van der Waals surface area contributed by atoms with Crippen molar-refractivity contribution in [2.75, 3.05) is 14.2 Å². The second kappa shape index (κ2) is 8.86. The van der Waals surface area contributed by atoms with Crippen LogP contribution in [0.2, 0.25) is 0 Å². The molecule has 142 valence electrons. The van der Waals surface area contributed by atoms with Gasteiger partial charge in [-0.2, -0.15) is 0 Å². The Morgan fingerprint density at radius 1 is 0.714 bits per heavy atom. The zero-order valence-electron chi connectivity index (χ0n) is 15.6. The second-order valence-electron chi connectivity index (χ2n) is 5.96. The summed E-state index contributed by atoms with van der Waals surface area (Å²) >= 11 is 0. The fourth-order valence-electron chi connectivity index (χ4n) is 2.87. The zero-order valence-corrected chi connectivity index (χ0v) is 15.6. The summed E-state index contributed by atoms with van der Waals surface area (Å²) < 4.78 is 16.2. The van der Waals surface area contributed by atoms with Crippen LogP contribution in [0.3, 0.4) is 0 Å². The number of esters is 1. The molecule has 0 saturated carbocycles. The lowest BCUT2D eigenvalue weighted by Crippen LogP contribution is -2.21. The molecule has 0 spiro atoms. The molecule has 3 aromatic carbocycles. The highest BCUT2D eigenvalue weighted by molar-refractivity contribution is 6.03. The monoisotopic (exact) mass is 376 g/mol. The van der Waals surface area contributed by atoms with Crippen molar-refractivity contribution in [1.29, 1.82) is 0 Å². The third-order valence-electron chi connectivity index (χ3n) is 4.26. The van der Waals surface area contributed by atoms with Gasteiger partial charge < -0.3 is 14.2 Å². The number of hydrogen-bond acceptors (Lipinski definition) is 5. The minimum absolute atomic E-state index is 0.134. The number of hydrogen-bond donors (Lipinski definition) is 0. The van der Waals surface area contributed by atoms with E-state index in [2.05, 4.69) is 0 Å². The van der Waals surface area contributed by atoms with Crippen LogP contribution in [-0.4, -0.2) is 26.0 Å². The predicted molar refractivity (Wildman–Crippen MR) is 105 cm³/mol. The summed E-state index contributed by atoms with van der Waals surface area (Å²) in [6.45, 7) is 0. The molecule has 0 fully saturated rings. The lowest BCUT2D eigenvalue weighted by Gasteiger charge is -2.19. The molecule has 0 saturated heterocycles. The van der Waals surface area contributed by atoms with Crippen molar-refractivity contribution in [1.82, 2.24) is 0 Å². The van der Waals surface area contributed by atoms with E-state index >= 15 is 0 Å². The highest BCUT2D eigenvalue weighted by Gasteiger charge is 2.29. The van der Waals surface area contributed by atoms with Crippen LogP contribution >= 0.6 is 0 Å². The molecule has 0 aliphatic heterocycles. The highest BCUT2D eigenvalue weighted by atomic mass is 16.6. The average molecular weight is 376 g/mol. The molecular formula is C23H20O5. The molecule has 5 heteroatoms. The van der Waals surface area contributed by atoms with Gasteiger partial charge in [0, 0.05) is 11.1 Å². The molecule has 28 heavy (non-hydrogen) atoms. The Labute approximate surface area is 163 Å². The Hall–Kier alpha value is -3.60. The van der Waals surface area contributed by atoms with Gasteiger partial charge in [-0.3, -0.25) is 4.79 Å². The smallest absolute Gasteiger partial charge is 0.346 e. The molecule has 0 aliphatic rings. The molecule has 0 radical (unpaired) electrons. The van der Waals surface area contributed by atoms with Gasteiger partial charge in [-0.1, -0.05) is 66.7 Å². The third-order valence-corrected chi connectivity index (χ3v) is 4.26. The first-order valence-electron chi connectivity index (χ1n) is 8.72. The Bertz CT molecular complexity index is 929. The first-order valence-corrected chi connectivity index (χ1v) is 8.72. The first-order chi connectivity index (χ1) is 13.7. The fourth-order valence-corrected chi connectivity index (χ4v) is 2.87. The quantitative estimate of drug-likeness (QED) is 0.449. The van der Waals surface area contributed by atoms with Gasteiger partial charge in [0.05, 0.1) is 14.2 Å². The molecule has 0 unspecified atom stereocenters. The van der Waals surface area contributed by atoms with Crippen molar-refractivity contribution in [3.05, 3.63) is 95.6 Å². The number of rotatable bonds is 7. The molecule has 0 N–H and O–H groups in total. The van der Waals surface area contributed by atoms with Gasteiger partial charge in [0.1, 0.15) is 17.1 Å². The molecule has 0 aromatic heterocycles. The van der Waals surface area contributed by atoms with Crippen LogP contribution in [0.15, 0.2) is 78.9 Å². The molecule has 0 heterocycles. The van der Waals surface area contributed by atoms with E-state index in [4.69, 9.17) is 14.2 Å². The van der Waals surface area contributed by atoms with Crippen LogP contribution in [0.1, 0.15) is 32.4 Å². The molecule has 0 amide bonds. The first kappa shape index (κ1) is 19.2. The summed E-state index contributed by atoms with van der Waals surface area (Å²) in [5, 5.41) is 0. The number of carbonyl (C=O) groups excluding carboxylic acids is 2. The summed E-state index contributed by atoms with van der Waals surface area (Å²) in [6.07, 6.45) is -1.09. The fraction of sp³-hybridized carbons (Fsp3) is 0.130. The predicted octanol–water partition coefficient (Wildman–Crippen LogP) is 4.48. The SMILES string of the molecule is COc1cccc(OC)c1C(=O)O[C@@H](C(=O)c1ccccc1)c1ccccc1. The van der Waals surface area contributed by atoms with Crippen LogP contribution < -0.4 is 9.47 Å². The molecular weight excluding hydrogens is 356 g/mol. The van der Waals surface area contributed by atoms with E-state index in [1.165, 1.54) is 14.2 Å². The van der Waals surface area contributed by atoms with Crippen molar-refractivity contribution >= 4 is 11.8 Å². The maximum Gasteiger partial charge on any atom is 0.346 e. The molecule has 0 bridgehead atoms. The Morgan fingerprint density at radius 2 is 1.25 bits per heavy atom. The third kappa shape index (κ3) is 4.04. The van der Waals surface area contributed by atoms with Crippen LogP contribution in [0.25, 0.3) is 0 Å². The normalized spacial score (nSPS) is 11.4. The largest absolute Gasteiger partial charge is 0.496 e. The van der Waals surface area contributed by atoms with Crippen LogP contribution in [0.5, 0.6) is 11.5 Å². The molecule has 0 aliphatic carbocycles.